The molecule has 222 valence electrons. The SMILES string of the molecule is CCCCCCCCCCCCCC(=O)CC.CCCCCCCCCCCCCC(=O)CCCCC. The normalized spacial score (nSPS) is 10.8. The van der Waals surface area contributed by atoms with Crippen molar-refractivity contribution in [2.75, 3.05) is 0 Å². The lowest BCUT2D eigenvalue weighted by molar-refractivity contribution is -0.119. The molecule has 0 saturated heterocycles. The third-order valence-electron chi connectivity index (χ3n) is 7.57. The van der Waals surface area contributed by atoms with Crippen LogP contribution in [-0.4, -0.2) is 11.6 Å². The molecule has 0 spiro atoms. The Morgan fingerprint density at radius 1 is 0.297 bits per heavy atom. The van der Waals surface area contributed by atoms with Gasteiger partial charge in [0.2, 0.25) is 0 Å². The topological polar surface area (TPSA) is 34.1 Å². The average Bonchev–Trinajstić information content (AvgIpc) is 2.90. The van der Waals surface area contributed by atoms with Crippen molar-refractivity contribution in [1.29, 1.82) is 0 Å². The highest BCUT2D eigenvalue weighted by molar-refractivity contribution is 5.78. The van der Waals surface area contributed by atoms with Crippen molar-refractivity contribution in [1.82, 2.24) is 0 Å². The van der Waals surface area contributed by atoms with E-state index in [1.54, 1.807) is 0 Å². The molecule has 0 bridgehead atoms. The molecule has 0 heterocycles. The van der Waals surface area contributed by atoms with Gasteiger partial charge in [-0.15, -0.1) is 0 Å². The number of hydrogen-bond donors (Lipinski definition) is 0. The van der Waals surface area contributed by atoms with E-state index in [9.17, 15) is 9.59 Å². The van der Waals surface area contributed by atoms with Crippen molar-refractivity contribution in [3.63, 3.8) is 0 Å². The smallest absolute Gasteiger partial charge is 0.132 e. The summed E-state index contributed by atoms with van der Waals surface area (Å²) in [7, 11) is 0. The first-order valence-corrected chi connectivity index (χ1v) is 17.2. The first-order valence-electron chi connectivity index (χ1n) is 17.2. The molecule has 0 unspecified atom stereocenters. The molecule has 0 aliphatic carbocycles. The van der Waals surface area contributed by atoms with E-state index >= 15 is 0 Å². The highest BCUT2D eigenvalue weighted by atomic mass is 16.1. The molecule has 2 heteroatoms. The fourth-order valence-electron chi connectivity index (χ4n) is 4.85. The molecule has 0 N–H and O–H groups in total. The Morgan fingerprint density at radius 3 is 0.811 bits per heavy atom. The molecule has 0 aromatic carbocycles. The standard InChI is InChI=1S/C19H38O.C16H32O/c1-3-5-7-8-9-10-11-12-13-14-16-18-19(20)17-15-6-4-2;1-3-5-6-7-8-9-10-11-12-13-14-15-16(17)4-2/h3-18H2,1-2H3;3-15H2,1-2H3. The third-order valence-corrected chi connectivity index (χ3v) is 7.57. The molecule has 0 aromatic heterocycles. The summed E-state index contributed by atoms with van der Waals surface area (Å²) in [6.07, 6.45) is 36.6. The van der Waals surface area contributed by atoms with Gasteiger partial charge in [0.15, 0.2) is 0 Å². The predicted octanol–water partition coefficient (Wildman–Crippen LogP) is 12.5. The molecule has 0 fully saturated rings. The predicted molar refractivity (Wildman–Crippen MR) is 167 cm³/mol. The van der Waals surface area contributed by atoms with Crippen molar-refractivity contribution in [2.24, 2.45) is 0 Å². The molecule has 0 atom stereocenters. The van der Waals surface area contributed by atoms with E-state index in [0.717, 1.165) is 44.9 Å². The highest BCUT2D eigenvalue weighted by Crippen LogP contribution is 2.14. The zero-order chi connectivity index (χ0) is 27.7. The molecular formula is C35H70O2. The van der Waals surface area contributed by atoms with Gasteiger partial charge in [-0.3, -0.25) is 9.59 Å². The van der Waals surface area contributed by atoms with Crippen LogP contribution in [0.3, 0.4) is 0 Å². The van der Waals surface area contributed by atoms with E-state index in [1.807, 2.05) is 6.92 Å². The molecule has 0 aromatic rings. The highest BCUT2D eigenvalue weighted by Gasteiger charge is 2.01. The van der Waals surface area contributed by atoms with Crippen molar-refractivity contribution in [2.45, 2.75) is 214 Å². The van der Waals surface area contributed by atoms with Crippen LogP contribution < -0.4 is 0 Å². The van der Waals surface area contributed by atoms with Crippen LogP contribution in [0.15, 0.2) is 0 Å². The minimum Gasteiger partial charge on any atom is -0.300 e. The van der Waals surface area contributed by atoms with Gasteiger partial charge in [0, 0.05) is 25.7 Å². The Morgan fingerprint density at radius 2 is 0.514 bits per heavy atom. The van der Waals surface area contributed by atoms with Gasteiger partial charge < -0.3 is 0 Å². The second kappa shape index (κ2) is 35.3. The van der Waals surface area contributed by atoms with Crippen LogP contribution in [0.25, 0.3) is 0 Å². The van der Waals surface area contributed by atoms with E-state index in [1.165, 1.54) is 141 Å². The number of hydrogen-bond acceptors (Lipinski definition) is 2. The fourth-order valence-corrected chi connectivity index (χ4v) is 4.85. The van der Waals surface area contributed by atoms with Gasteiger partial charge in [-0.25, -0.2) is 0 Å². The molecule has 0 aliphatic rings. The monoisotopic (exact) mass is 523 g/mol. The lowest BCUT2D eigenvalue weighted by Gasteiger charge is -2.03. The zero-order valence-corrected chi connectivity index (χ0v) is 26.3. The maximum atomic E-state index is 11.6. The number of carbonyl (C=O) groups excluding carboxylic acids is 2. The number of Topliss-reactive ketones (excluding diaryl/α,β-unsaturated/α-hetero) is 2. The van der Waals surface area contributed by atoms with Crippen LogP contribution >= 0.6 is 0 Å². The maximum Gasteiger partial charge on any atom is 0.132 e. The van der Waals surface area contributed by atoms with Crippen LogP contribution in [-0.2, 0) is 9.59 Å². The second-order valence-electron chi connectivity index (χ2n) is 11.5. The van der Waals surface area contributed by atoms with Crippen molar-refractivity contribution >= 4 is 11.6 Å². The number of unbranched alkanes of at least 4 members (excludes halogenated alkanes) is 22. The molecule has 0 amide bonds. The molecule has 2 nitrogen and oxygen atoms in total. The second-order valence-corrected chi connectivity index (χ2v) is 11.5. The number of carbonyl (C=O) groups is 2. The van der Waals surface area contributed by atoms with Gasteiger partial charge >= 0.3 is 0 Å². The van der Waals surface area contributed by atoms with Crippen molar-refractivity contribution in [3.8, 4) is 0 Å². The Bertz CT molecular complexity index is 443. The van der Waals surface area contributed by atoms with Crippen LogP contribution in [0.4, 0.5) is 0 Å². The van der Waals surface area contributed by atoms with Crippen LogP contribution in [0, 0.1) is 0 Å². The van der Waals surface area contributed by atoms with Gasteiger partial charge in [0.25, 0.3) is 0 Å². The minimum absolute atomic E-state index is 0.431. The van der Waals surface area contributed by atoms with Gasteiger partial charge in [-0.05, 0) is 19.3 Å². The van der Waals surface area contributed by atoms with Crippen LogP contribution in [0.1, 0.15) is 214 Å². The van der Waals surface area contributed by atoms with Crippen LogP contribution in [0.2, 0.25) is 0 Å². The summed E-state index contributed by atoms with van der Waals surface area (Å²) in [5.74, 6) is 0.926. The van der Waals surface area contributed by atoms with Gasteiger partial charge in [0.05, 0.1) is 0 Å². The number of rotatable bonds is 29. The number of ketones is 2. The lowest BCUT2D eigenvalue weighted by Crippen LogP contribution is -1.97. The Hall–Kier alpha value is -0.660. The molecule has 0 rings (SSSR count). The third kappa shape index (κ3) is 37.6. The van der Waals surface area contributed by atoms with E-state index in [2.05, 4.69) is 20.8 Å². The Balaban J connectivity index is 0. The van der Waals surface area contributed by atoms with Crippen molar-refractivity contribution in [3.05, 3.63) is 0 Å². The maximum absolute atomic E-state index is 11.6. The fraction of sp³-hybridized carbons (Fsp3) is 0.943. The summed E-state index contributed by atoms with van der Waals surface area (Å²) in [4.78, 5) is 22.7. The largest absolute Gasteiger partial charge is 0.300 e. The van der Waals surface area contributed by atoms with E-state index < -0.39 is 0 Å². The quantitative estimate of drug-likeness (QED) is 0.0915. The molecular weight excluding hydrogens is 452 g/mol. The zero-order valence-electron chi connectivity index (χ0n) is 26.3. The Kier molecular flexibility index (Phi) is 36.8. The van der Waals surface area contributed by atoms with Crippen molar-refractivity contribution < 1.29 is 9.59 Å². The summed E-state index contributed by atoms with van der Waals surface area (Å²) in [6.45, 7) is 8.69. The Labute approximate surface area is 234 Å². The van der Waals surface area contributed by atoms with E-state index in [4.69, 9.17) is 0 Å². The van der Waals surface area contributed by atoms with E-state index in [-0.39, 0.29) is 0 Å². The summed E-state index contributed by atoms with van der Waals surface area (Å²) in [5.41, 5.74) is 0. The first kappa shape index (κ1) is 38.5. The summed E-state index contributed by atoms with van der Waals surface area (Å²) in [5, 5.41) is 0. The molecule has 37 heavy (non-hydrogen) atoms. The van der Waals surface area contributed by atoms with E-state index in [0.29, 0.717) is 11.6 Å². The van der Waals surface area contributed by atoms with Gasteiger partial charge in [0.1, 0.15) is 11.6 Å². The minimum atomic E-state index is 0.431. The molecule has 0 radical (unpaired) electrons. The summed E-state index contributed by atoms with van der Waals surface area (Å²) >= 11 is 0. The van der Waals surface area contributed by atoms with Crippen LogP contribution in [0.5, 0.6) is 0 Å². The molecule has 0 aliphatic heterocycles. The summed E-state index contributed by atoms with van der Waals surface area (Å²) < 4.78 is 0. The summed E-state index contributed by atoms with van der Waals surface area (Å²) in [6, 6.07) is 0. The average molecular weight is 523 g/mol. The molecule has 0 saturated carbocycles. The van der Waals surface area contributed by atoms with Gasteiger partial charge in [-0.2, -0.15) is 0 Å². The lowest BCUT2D eigenvalue weighted by atomic mass is 10.0. The van der Waals surface area contributed by atoms with Gasteiger partial charge in [-0.1, -0.05) is 169 Å². The first-order chi connectivity index (χ1) is 18.1.